The zero-order valence-corrected chi connectivity index (χ0v) is 13.5. The van der Waals surface area contributed by atoms with E-state index in [1.165, 1.54) is 11.8 Å². The highest BCUT2D eigenvalue weighted by atomic mass is 32.2. The Morgan fingerprint density at radius 3 is 2.60 bits per heavy atom. The molecule has 0 aliphatic heterocycles. The highest BCUT2D eigenvalue weighted by Gasteiger charge is 2.15. The third-order valence-electron chi connectivity index (χ3n) is 2.16. The maximum Gasteiger partial charge on any atom is 0.289 e. The summed E-state index contributed by atoms with van der Waals surface area (Å²) >= 11 is 4.79. The molecule has 0 bridgehead atoms. The van der Waals surface area contributed by atoms with Crippen LogP contribution in [0, 0.1) is 11.3 Å². The lowest BCUT2D eigenvalue weighted by atomic mass is 10.2. The first kappa shape index (κ1) is 15.3. The van der Waals surface area contributed by atoms with Gasteiger partial charge in [0.25, 0.3) is 4.06 Å². The Balaban J connectivity index is 2.11. The molecule has 2 rings (SSSR count). The lowest BCUT2D eigenvalue weighted by Gasteiger charge is -2.00. The summed E-state index contributed by atoms with van der Waals surface area (Å²) in [6.07, 6.45) is 0.429. The molecule has 0 radical (unpaired) electrons. The summed E-state index contributed by atoms with van der Waals surface area (Å²) in [5.74, 6) is 0.635. The van der Waals surface area contributed by atoms with Gasteiger partial charge in [-0.3, -0.25) is 9.59 Å². The molecule has 0 saturated heterocycles. The molecule has 0 aliphatic rings. The molecule has 20 heavy (non-hydrogen) atoms. The summed E-state index contributed by atoms with van der Waals surface area (Å²) in [4.78, 5) is 23.6. The number of rotatable bonds is 5. The molecule has 7 heteroatoms. The van der Waals surface area contributed by atoms with Gasteiger partial charge in [-0.05, 0) is 11.8 Å². The van der Waals surface area contributed by atoms with Crippen LogP contribution in [0.2, 0.25) is 0 Å². The third kappa shape index (κ3) is 4.21. The molecule has 0 amide bonds. The van der Waals surface area contributed by atoms with Crippen molar-refractivity contribution in [1.29, 1.82) is 5.26 Å². The summed E-state index contributed by atoms with van der Waals surface area (Å²) in [6.45, 7) is 0. The molecule has 102 valence electrons. The van der Waals surface area contributed by atoms with Crippen molar-refractivity contribution in [2.75, 3.05) is 5.75 Å². The van der Waals surface area contributed by atoms with Gasteiger partial charge in [0.2, 0.25) is 5.12 Å². The van der Waals surface area contributed by atoms with Crippen molar-refractivity contribution in [1.82, 2.24) is 0 Å². The zero-order valence-electron chi connectivity index (χ0n) is 10.2. The maximum atomic E-state index is 12.1. The first-order valence-corrected chi connectivity index (χ1v) is 9.05. The molecule has 0 unspecified atom stereocenters. The molecular formula is C13H9NO2S4. The van der Waals surface area contributed by atoms with Gasteiger partial charge >= 0.3 is 0 Å². The standard InChI is InChI=1S/C13H9NO2S4/c14-7-4-8-17-11-12(20-13(16)19-11)18-10(15)9-5-2-1-3-6-9/h1-3,5-6H,4,8H2. The lowest BCUT2D eigenvalue weighted by molar-refractivity contribution is 0.108. The number of benzene rings is 1. The summed E-state index contributed by atoms with van der Waals surface area (Å²) in [6, 6.07) is 11.1. The van der Waals surface area contributed by atoms with E-state index in [0.29, 0.717) is 17.7 Å². The fraction of sp³-hybridized carbons (Fsp3) is 0.154. The molecule has 0 N–H and O–H groups in total. The number of hydrogen-bond donors (Lipinski definition) is 0. The van der Waals surface area contributed by atoms with Crippen LogP contribution < -0.4 is 4.06 Å². The summed E-state index contributed by atoms with van der Waals surface area (Å²) < 4.78 is 1.55. The van der Waals surface area contributed by atoms with Gasteiger partial charge in [0.15, 0.2) is 0 Å². The van der Waals surface area contributed by atoms with Crippen LogP contribution in [0.5, 0.6) is 0 Å². The van der Waals surface area contributed by atoms with Crippen LogP contribution >= 0.6 is 46.2 Å². The number of thioether (sulfide) groups is 2. The van der Waals surface area contributed by atoms with Gasteiger partial charge in [0, 0.05) is 17.7 Å². The van der Waals surface area contributed by atoms with Crippen molar-refractivity contribution in [2.45, 2.75) is 14.8 Å². The molecular weight excluding hydrogens is 330 g/mol. The number of hydrogen-bond acceptors (Lipinski definition) is 7. The monoisotopic (exact) mass is 339 g/mol. The molecule has 1 heterocycles. The van der Waals surface area contributed by atoms with Gasteiger partial charge in [-0.15, -0.1) is 11.8 Å². The van der Waals surface area contributed by atoms with Crippen molar-refractivity contribution in [3.8, 4) is 6.07 Å². The van der Waals surface area contributed by atoms with E-state index in [2.05, 4.69) is 6.07 Å². The Hall–Kier alpha value is -1.07. The Morgan fingerprint density at radius 1 is 1.20 bits per heavy atom. The molecule has 1 aromatic carbocycles. The molecule has 0 spiro atoms. The van der Waals surface area contributed by atoms with Crippen LogP contribution in [0.15, 0.2) is 43.5 Å². The minimum absolute atomic E-state index is 0.0205. The largest absolute Gasteiger partial charge is 0.289 e. The highest BCUT2D eigenvalue weighted by molar-refractivity contribution is 8.16. The molecule has 3 nitrogen and oxygen atoms in total. The van der Waals surface area contributed by atoms with E-state index in [9.17, 15) is 9.59 Å². The quantitative estimate of drug-likeness (QED) is 0.606. The summed E-state index contributed by atoms with van der Waals surface area (Å²) in [7, 11) is 0. The number of carbonyl (C=O) groups excluding carboxylic acids is 1. The van der Waals surface area contributed by atoms with E-state index in [-0.39, 0.29) is 9.17 Å². The molecule has 2 aromatic rings. The average Bonchev–Trinajstić information content (AvgIpc) is 2.80. The van der Waals surface area contributed by atoms with E-state index in [1.54, 1.807) is 12.1 Å². The van der Waals surface area contributed by atoms with Crippen LogP contribution in [0.25, 0.3) is 0 Å². The number of nitrogens with zero attached hydrogens (tertiary/aromatic N) is 1. The molecule has 0 atom stereocenters. The van der Waals surface area contributed by atoms with Crippen molar-refractivity contribution < 1.29 is 4.79 Å². The summed E-state index contributed by atoms with van der Waals surface area (Å²) in [5.41, 5.74) is 0.622. The zero-order chi connectivity index (χ0) is 14.4. The van der Waals surface area contributed by atoms with E-state index in [4.69, 9.17) is 5.26 Å². The number of nitriles is 1. The lowest BCUT2D eigenvalue weighted by Crippen LogP contribution is -1.91. The molecule has 0 aliphatic carbocycles. The second-order valence-electron chi connectivity index (χ2n) is 3.54. The van der Waals surface area contributed by atoms with Gasteiger partial charge in [-0.2, -0.15) is 5.26 Å². The van der Waals surface area contributed by atoms with E-state index < -0.39 is 0 Å². The van der Waals surface area contributed by atoms with Crippen LogP contribution in [0.3, 0.4) is 0 Å². The van der Waals surface area contributed by atoms with Gasteiger partial charge in [0.1, 0.15) is 0 Å². The average molecular weight is 339 g/mol. The first-order chi connectivity index (χ1) is 9.70. The minimum Gasteiger partial charge on any atom is -0.281 e. The normalized spacial score (nSPS) is 10.2. The van der Waals surface area contributed by atoms with E-state index in [1.807, 2.05) is 18.2 Å². The predicted molar refractivity (Wildman–Crippen MR) is 86.0 cm³/mol. The molecule has 0 saturated carbocycles. The molecule has 1 aromatic heterocycles. The predicted octanol–water partition coefficient (Wildman–Crippen LogP) is 4.11. The second kappa shape index (κ2) is 7.64. The van der Waals surface area contributed by atoms with Gasteiger partial charge in [-0.1, -0.05) is 53.0 Å². The Labute approximate surface area is 132 Å². The van der Waals surface area contributed by atoms with Gasteiger partial charge in [0.05, 0.1) is 14.5 Å². The van der Waals surface area contributed by atoms with Crippen LogP contribution in [-0.2, 0) is 0 Å². The Morgan fingerprint density at radius 2 is 1.90 bits per heavy atom. The van der Waals surface area contributed by atoms with Crippen molar-refractivity contribution in [3.05, 3.63) is 44.7 Å². The van der Waals surface area contributed by atoms with Crippen LogP contribution in [0.1, 0.15) is 16.8 Å². The van der Waals surface area contributed by atoms with E-state index >= 15 is 0 Å². The fourth-order valence-electron chi connectivity index (χ4n) is 1.31. The van der Waals surface area contributed by atoms with E-state index in [0.717, 1.165) is 42.9 Å². The second-order valence-corrected chi connectivity index (χ2v) is 8.37. The van der Waals surface area contributed by atoms with Crippen LogP contribution in [-0.4, -0.2) is 10.9 Å². The number of carbonyl (C=O) groups is 1. The Kier molecular flexibility index (Phi) is 5.86. The van der Waals surface area contributed by atoms with Gasteiger partial charge < -0.3 is 0 Å². The smallest absolute Gasteiger partial charge is 0.281 e. The fourth-order valence-corrected chi connectivity index (χ4v) is 6.21. The van der Waals surface area contributed by atoms with Crippen molar-refractivity contribution >= 4 is 51.3 Å². The highest BCUT2D eigenvalue weighted by Crippen LogP contribution is 2.38. The minimum atomic E-state index is -0.0678. The summed E-state index contributed by atoms with van der Waals surface area (Å²) in [5, 5.41) is 8.47. The van der Waals surface area contributed by atoms with Crippen molar-refractivity contribution in [2.24, 2.45) is 0 Å². The van der Waals surface area contributed by atoms with Crippen LogP contribution in [0.4, 0.5) is 0 Å². The topological polar surface area (TPSA) is 57.9 Å². The maximum absolute atomic E-state index is 12.1. The molecule has 0 fully saturated rings. The first-order valence-electron chi connectivity index (χ1n) is 5.61. The SMILES string of the molecule is N#CCCSc1sc(=O)sc1SC(=O)c1ccccc1. The Bertz CT molecular complexity index is 684. The van der Waals surface area contributed by atoms with Gasteiger partial charge in [-0.25, -0.2) is 0 Å². The third-order valence-corrected chi connectivity index (χ3v) is 7.08. The van der Waals surface area contributed by atoms with Crippen molar-refractivity contribution in [3.63, 3.8) is 0 Å².